The van der Waals surface area contributed by atoms with Crippen LogP contribution < -0.4 is 5.56 Å². The molecule has 5 heteroatoms. The van der Waals surface area contributed by atoms with E-state index in [-0.39, 0.29) is 17.3 Å². The first kappa shape index (κ1) is 23.4. The number of aliphatic imine (C=N–C) groups is 1. The van der Waals surface area contributed by atoms with Gasteiger partial charge in [0, 0.05) is 23.9 Å². The summed E-state index contributed by atoms with van der Waals surface area (Å²) in [5.74, 6) is -0.0994. The second-order valence-corrected chi connectivity index (χ2v) is 8.46. The van der Waals surface area contributed by atoms with Crippen molar-refractivity contribution in [3.63, 3.8) is 0 Å². The number of H-pyrrole nitrogens is 1. The molecule has 3 aromatic carbocycles. The zero-order chi connectivity index (χ0) is 23.9. The van der Waals surface area contributed by atoms with Gasteiger partial charge in [-0.05, 0) is 55.2 Å². The number of rotatable bonds is 9. The van der Waals surface area contributed by atoms with Crippen molar-refractivity contribution in [1.82, 2.24) is 9.78 Å². The van der Waals surface area contributed by atoms with Crippen LogP contribution in [-0.4, -0.2) is 22.0 Å². The number of aromatic amines is 1. The maximum absolute atomic E-state index is 13.4. The van der Waals surface area contributed by atoms with Crippen molar-refractivity contribution in [2.45, 2.75) is 39.0 Å². The SMILES string of the molecule is CCCc1[nH]n(-c2ccc(F)cc2)c(=O)c1C(C)=NCCC(c1ccccc1)c1ccccc1. The van der Waals surface area contributed by atoms with Gasteiger partial charge in [-0.1, -0.05) is 74.0 Å². The molecule has 4 nitrogen and oxygen atoms in total. The van der Waals surface area contributed by atoms with Crippen molar-refractivity contribution in [3.8, 4) is 5.69 Å². The summed E-state index contributed by atoms with van der Waals surface area (Å²) in [6.07, 6.45) is 2.47. The van der Waals surface area contributed by atoms with Crippen LogP contribution in [0.1, 0.15) is 55.0 Å². The fourth-order valence-electron chi connectivity index (χ4n) is 4.40. The smallest absolute Gasteiger partial charge is 0.280 e. The Labute approximate surface area is 199 Å². The molecule has 4 aromatic rings. The van der Waals surface area contributed by atoms with Gasteiger partial charge < -0.3 is 0 Å². The van der Waals surface area contributed by atoms with Crippen LogP contribution in [0, 0.1) is 5.82 Å². The molecule has 0 radical (unpaired) electrons. The number of aryl methyl sites for hydroxylation is 1. The number of hydrogen-bond acceptors (Lipinski definition) is 2. The Kier molecular flexibility index (Phi) is 7.53. The third-order valence-corrected chi connectivity index (χ3v) is 6.08. The Bertz CT molecular complexity index is 1250. The van der Waals surface area contributed by atoms with Crippen molar-refractivity contribution in [2.75, 3.05) is 6.54 Å². The van der Waals surface area contributed by atoms with Crippen LogP contribution in [0.4, 0.5) is 4.39 Å². The fourth-order valence-corrected chi connectivity index (χ4v) is 4.40. The van der Waals surface area contributed by atoms with Gasteiger partial charge in [-0.2, -0.15) is 0 Å². The second kappa shape index (κ2) is 10.9. The quantitative estimate of drug-likeness (QED) is 0.296. The maximum Gasteiger partial charge on any atom is 0.280 e. The van der Waals surface area contributed by atoms with Crippen LogP contribution in [0.25, 0.3) is 5.69 Å². The van der Waals surface area contributed by atoms with E-state index in [2.05, 4.69) is 60.6 Å². The number of hydrogen-bond donors (Lipinski definition) is 1. The van der Waals surface area contributed by atoms with E-state index in [1.807, 2.05) is 19.1 Å². The Morgan fingerprint density at radius 1 is 0.941 bits per heavy atom. The van der Waals surface area contributed by atoms with E-state index in [4.69, 9.17) is 4.99 Å². The molecule has 34 heavy (non-hydrogen) atoms. The third-order valence-electron chi connectivity index (χ3n) is 6.08. The third kappa shape index (κ3) is 5.25. The van der Waals surface area contributed by atoms with Crippen LogP contribution >= 0.6 is 0 Å². The summed E-state index contributed by atoms with van der Waals surface area (Å²) < 4.78 is 14.9. The van der Waals surface area contributed by atoms with Gasteiger partial charge in [-0.15, -0.1) is 0 Å². The molecule has 0 fully saturated rings. The highest BCUT2D eigenvalue weighted by atomic mass is 19.1. The lowest BCUT2D eigenvalue weighted by atomic mass is 9.88. The summed E-state index contributed by atoms with van der Waals surface area (Å²) in [6, 6.07) is 26.8. The molecule has 0 aliphatic heterocycles. The van der Waals surface area contributed by atoms with Crippen molar-refractivity contribution in [2.24, 2.45) is 4.99 Å². The first-order valence-electron chi connectivity index (χ1n) is 11.8. The Morgan fingerprint density at radius 2 is 1.53 bits per heavy atom. The largest absolute Gasteiger partial charge is 0.294 e. The summed E-state index contributed by atoms with van der Waals surface area (Å²) in [7, 11) is 0. The fraction of sp³-hybridized carbons (Fsp3) is 0.241. The van der Waals surface area contributed by atoms with Gasteiger partial charge in [-0.3, -0.25) is 14.9 Å². The monoisotopic (exact) mass is 455 g/mol. The van der Waals surface area contributed by atoms with Gasteiger partial charge in [-0.25, -0.2) is 9.07 Å². The minimum atomic E-state index is -0.332. The lowest BCUT2D eigenvalue weighted by Gasteiger charge is -2.17. The van der Waals surface area contributed by atoms with Gasteiger partial charge in [0.25, 0.3) is 5.56 Å². The van der Waals surface area contributed by atoms with E-state index in [0.29, 0.717) is 17.8 Å². The summed E-state index contributed by atoms with van der Waals surface area (Å²) in [5, 5.41) is 3.22. The molecule has 0 saturated carbocycles. The van der Waals surface area contributed by atoms with E-state index in [0.717, 1.165) is 30.7 Å². The number of nitrogens with zero attached hydrogens (tertiary/aromatic N) is 2. The van der Waals surface area contributed by atoms with Crippen molar-refractivity contribution in [1.29, 1.82) is 0 Å². The molecular weight excluding hydrogens is 425 g/mol. The van der Waals surface area contributed by atoms with E-state index in [1.54, 1.807) is 12.1 Å². The van der Waals surface area contributed by atoms with E-state index in [9.17, 15) is 9.18 Å². The standard InChI is InChI=1S/C29H30FN3O/c1-3-10-27-28(29(34)33(32-27)25-17-15-24(30)16-18-25)21(2)31-20-19-26(22-11-6-4-7-12-22)23-13-8-5-9-14-23/h4-9,11-18,26,32H,3,10,19-20H2,1-2H3. The average Bonchev–Trinajstić information content (AvgIpc) is 3.19. The molecule has 1 aromatic heterocycles. The minimum absolute atomic E-state index is 0.154. The summed E-state index contributed by atoms with van der Waals surface area (Å²) in [5.41, 5.74) is 5.17. The van der Waals surface area contributed by atoms with Gasteiger partial charge in [0.15, 0.2) is 0 Å². The van der Waals surface area contributed by atoms with Crippen LogP contribution in [0.2, 0.25) is 0 Å². The Morgan fingerprint density at radius 3 is 2.09 bits per heavy atom. The predicted octanol–water partition coefficient (Wildman–Crippen LogP) is 6.29. The molecule has 0 aliphatic carbocycles. The molecule has 0 unspecified atom stereocenters. The highest BCUT2D eigenvalue weighted by Gasteiger charge is 2.18. The van der Waals surface area contributed by atoms with Gasteiger partial charge in [0.1, 0.15) is 5.82 Å². The average molecular weight is 456 g/mol. The first-order valence-corrected chi connectivity index (χ1v) is 11.8. The lowest BCUT2D eigenvalue weighted by molar-refractivity contribution is 0.626. The topological polar surface area (TPSA) is 50.1 Å². The summed E-state index contributed by atoms with van der Waals surface area (Å²) in [6.45, 7) is 4.58. The Hall–Kier alpha value is -3.73. The highest BCUT2D eigenvalue weighted by Crippen LogP contribution is 2.28. The molecule has 4 rings (SSSR count). The highest BCUT2D eigenvalue weighted by molar-refractivity contribution is 5.99. The number of aromatic nitrogens is 2. The summed E-state index contributed by atoms with van der Waals surface area (Å²) in [4.78, 5) is 18.1. The van der Waals surface area contributed by atoms with Crippen LogP contribution in [0.3, 0.4) is 0 Å². The molecular formula is C29H30FN3O. The first-order chi connectivity index (χ1) is 16.6. The number of nitrogens with one attached hydrogen (secondary N) is 1. The number of halogens is 1. The number of benzene rings is 3. The lowest BCUT2D eigenvalue weighted by Crippen LogP contribution is -2.20. The van der Waals surface area contributed by atoms with Crippen LogP contribution in [0.15, 0.2) is 94.7 Å². The summed E-state index contributed by atoms with van der Waals surface area (Å²) >= 11 is 0. The normalized spacial score (nSPS) is 11.8. The molecule has 0 amide bonds. The predicted molar refractivity (Wildman–Crippen MR) is 137 cm³/mol. The van der Waals surface area contributed by atoms with Gasteiger partial charge in [0.2, 0.25) is 0 Å². The minimum Gasteiger partial charge on any atom is -0.294 e. The second-order valence-electron chi connectivity index (χ2n) is 8.46. The van der Waals surface area contributed by atoms with Crippen molar-refractivity contribution in [3.05, 3.63) is 123 Å². The molecule has 1 N–H and O–H groups in total. The van der Waals surface area contributed by atoms with Crippen LogP contribution in [0.5, 0.6) is 0 Å². The van der Waals surface area contributed by atoms with E-state index in [1.165, 1.54) is 27.9 Å². The molecule has 0 atom stereocenters. The zero-order valence-corrected chi connectivity index (χ0v) is 19.7. The molecule has 0 saturated heterocycles. The molecule has 0 spiro atoms. The molecule has 1 heterocycles. The van der Waals surface area contributed by atoms with E-state index < -0.39 is 0 Å². The molecule has 0 bridgehead atoms. The maximum atomic E-state index is 13.4. The van der Waals surface area contributed by atoms with Crippen molar-refractivity contribution < 1.29 is 4.39 Å². The van der Waals surface area contributed by atoms with Crippen LogP contribution in [-0.2, 0) is 6.42 Å². The molecule has 174 valence electrons. The zero-order valence-electron chi connectivity index (χ0n) is 19.7. The molecule has 0 aliphatic rings. The van der Waals surface area contributed by atoms with Crippen molar-refractivity contribution >= 4 is 5.71 Å². The van der Waals surface area contributed by atoms with E-state index >= 15 is 0 Å². The van der Waals surface area contributed by atoms with Gasteiger partial charge >= 0.3 is 0 Å². The van der Waals surface area contributed by atoms with Gasteiger partial charge in [0.05, 0.1) is 11.3 Å². The Balaban J connectivity index is 1.61.